The molecule has 0 saturated carbocycles. The molecule has 1 amide bonds. The Morgan fingerprint density at radius 2 is 2.05 bits per heavy atom. The van der Waals surface area contributed by atoms with Crippen LogP contribution in [0.3, 0.4) is 0 Å². The zero-order valence-corrected chi connectivity index (χ0v) is 13.7. The van der Waals surface area contributed by atoms with Gasteiger partial charge in [0, 0.05) is 37.3 Å². The highest BCUT2D eigenvalue weighted by Crippen LogP contribution is 2.15. The SMILES string of the molecule is CC(C)C(=O)NC1CCN(Cc2cccc(N)c2)CC1.Cl. The summed E-state index contributed by atoms with van der Waals surface area (Å²) in [5.41, 5.74) is 7.88. The molecule has 21 heavy (non-hydrogen) atoms. The van der Waals surface area contributed by atoms with Crippen molar-refractivity contribution in [2.45, 2.75) is 39.3 Å². The second kappa shape index (κ2) is 8.25. The summed E-state index contributed by atoms with van der Waals surface area (Å²) in [6.45, 7) is 6.86. The Kier molecular flexibility index (Phi) is 6.99. The fourth-order valence-corrected chi connectivity index (χ4v) is 2.55. The van der Waals surface area contributed by atoms with Gasteiger partial charge in [0.1, 0.15) is 0 Å². The minimum atomic E-state index is 0. The maximum atomic E-state index is 11.7. The molecule has 1 aromatic rings. The van der Waals surface area contributed by atoms with Gasteiger partial charge in [-0.15, -0.1) is 12.4 Å². The van der Waals surface area contributed by atoms with Crippen LogP contribution in [-0.2, 0) is 11.3 Å². The molecule has 0 spiro atoms. The number of hydrogen-bond donors (Lipinski definition) is 2. The van der Waals surface area contributed by atoms with Gasteiger partial charge < -0.3 is 11.1 Å². The van der Waals surface area contributed by atoms with Crippen LogP contribution in [0.15, 0.2) is 24.3 Å². The van der Waals surface area contributed by atoms with Gasteiger partial charge in [0.15, 0.2) is 0 Å². The molecule has 2 rings (SSSR count). The molecule has 1 heterocycles. The number of rotatable bonds is 4. The van der Waals surface area contributed by atoms with Crippen molar-refractivity contribution in [1.29, 1.82) is 0 Å². The highest BCUT2D eigenvalue weighted by atomic mass is 35.5. The Labute approximate surface area is 133 Å². The Hall–Kier alpha value is -1.26. The number of benzene rings is 1. The summed E-state index contributed by atoms with van der Waals surface area (Å²) in [7, 11) is 0. The molecule has 1 aliphatic heterocycles. The number of nitrogens with zero attached hydrogens (tertiary/aromatic N) is 1. The zero-order valence-electron chi connectivity index (χ0n) is 12.8. The van der Waals surface area contributed by atoms with Crippen molar-refractivity contribution in [2.24, 2.45) is 5.92 Å². The van der Waals surface area contributed by atoms with E-state index in [0.717, 1.165) is 38.2 Å². The van der Waals surface area contributed by atoms with E-state index in [9.17, 15) is 4.79 Å². The van der Waals surface area contributed by atoms with Gasteiger partial charge in [0.25, 0.3) is 0 Å². The zero-order chi connectivity index (χ0) is 14.5. The van der Waals surface area contributed by atoms with E-state index in [1.807, 2.05) is 32.0 Å². The maximum absolute atomic E-state index is 11.7. The summed E-state index contributed by atoms with van der Waals surface area (Å²) < 4.78 is 0. The van der Waals surface area contributed by atoms with Crippen LogP contribution in [-0.4, -0.2) is 29.9 Å². The summed E-state index contributed by atoms with van der Waals surface area (Å²) in [6.07, 6.45) is 2.06. The molecule has 0 aromatic heterocycles. The number of nitrogen functional groups attached to an aromatic ring is 1. The fraction of sp³-hybridized carbons (Fsp3) is 0.562. The third kappa shape index (κ3) is 5.56. The van der Waals surface area contributed by atoms with E-state index >= 15 is 0 Å². The molecule has 1 saturated heterocycles. The number of nitrogens with one attached hydrogen (secondary N) is 1. The van der Waals surface area contributed by atoms with Gasteiger partial charge in [-0.2, -0.15) is 0 Å². The highest BCUT2D eigenvalue weighted by Gasteiger charge is 2.21. The molecule has 0 unspecified atom stereocenters. The first kappa shape index (κ1) is 17.8. The molecule has 4 nitrogen and oxygen atoms in total. The number of piperidine rings is 1. The van der Waals surface area contributed by atoms with E-state index in [2.05, 4.69) is 16.3 Å². The van der Waals surface area contributed by atoms with E-state index in [1.54, 1.807) is 0 Å². The molecule has 0 aliphatic carbocycles. The minimum absolute atomic E-state index is 0. The summed E-state index contributed by atoms with van der Waals surface area (Å²) in [4.78, 5) is 14.1. The van der Waals surface area contributed by atoms with E-state index in [1.165, 1.54) is 5.56 Å². The first-order valence-electron chi connectivity index (χ1n) is 7.41. The number of amides is 1. The van der Waals surface area contributed by atoms with E-state index in [0.29, 0.717) is 6.04 Å². The smallest absolute Gasteiger partial charge is 0.222 e. The van der Waals surface area contributed by atoms with Crippen molar-refractivity contribution in [2.75, 3.05) is 18.8 Å². The lowest BCUT2D eigenvalue weighted by atomic mass is 10.0. The Balaban J connectivity index is 0.00000220. The number of likely N-dealkylation sites (tertiary alicyclic amines) is 1. The van der Waals surface area contributed by atoms with Gasteiger partial charge >= 0.3 is 0 Å². The minimum Gasteiger partial charge on any atom is -0.399 e. The van der Waals surface area contributed by atoms with E-state index in [4.69, 9.17) is 5.73 Å². The lowest BCUT2D eigenvalue weighted by Crippen LogP contribution is -2.45. The lowest BCUT2D eigenvalue weighted by Gasteiger charge is -2.32. The van der Waals surface area contributed by atoms with Gasteiger partial charge in [-0.05, 0) is 30.5 Å². The van der Waals surface area contributed by atoms with Crippen molar-refractivity contribution >= 4 is 24.0 Å². The van der Waals surface area contributed by atoms with Gasteiger partial charge in [0.2, 0.25) is 5.91 Å². The van der Waals surface area contributed by atoms with Crippen molar-refractivity contribution in [3.63, 3.8) is 0 Å². The maximum Gasteiger partial charge on any atom is 0.222 e. The van der Waals surface area contributed by atoms with Crippen LogP contribution in [0.1, 0.15) is 32.3 Å². The number of carbonyl (C=O) groups excluding carboxylic acids is 1. The van der Waals surface area contributed by atoms with E-state index in [-0.39, 0.29) is 24.2 Å². The summed E-state index contributed by atoms with van der Waals surface area (Å²) >= 11 is 0. The van der Waals surface area contributed by atoms with Gasteiger partial charge in [-0.25, -0.2) is 0 Å². The van der Waals surface area contributed by atoms with Crippen molar-refractivity contribution in [3.05, 3.63) is 29.8 Å². The van der Waals surface area contributed by atoms with Crippen LogP contribution in [0.4, 0.5) is 5.69 Å². The third-order valence-electron chi connectivity index (χ3n) is 3.82. The van der Waals surface area contributed by atoms with Crippen LogP contribution >= 0.6 is 12.4 Å². The van der Waals surface area contributed by atoms with E-state index < -0.39 is 0 Å². The Morgan fingerprint density at radius 1 is 1.38 bits per heavy atom. The van der Waals surface area contributed by atoms with Crippen molar-refractivity contribution in [1.82, 2.24) is 10.2 Å². The topological polar surface area (TPSA) is 58.4 Å². The number of nitrogens with two attached hydrogens (primary N) is 1. The largest absolute Gasteiger partial charge is 0.399 e. The van der Waals surface area contributed by atoms with Gasteiger partial charge in [-0.1, -0.05) is 26.0 Å². The monoisotopic (exact) mass is 311 g/mol. The average Bonchev–Trinajstić information content (AvgIpc) is 2.41. The number of carbonyl (C=O) groups is 1. The molecular formula is C16H26ClN3O. The molecule has 118 valence electrons. The van der Waals surface area contributed by atoms with Crippen molar-refractivity contribution < 1.29 is 4.79 Å². The van der Waals surface area contributed by atoms with Crippen LogP contribution in [0.5, 0.6) is 0 Å². The lowest BCUT2D eigenvalue weighted by molar-refractivity contribution is -0.125. The normalized spacial score (nSPS) is 16.5. The number of anilines is 1. The molecule has 1 aromatic carbocycles. The highest BCUT2D eigenvalue weighted by molar-refractivity contribution is 5.85. The average molecular weight is 312 g/mol. The van der Waals surface area contributed by atoms with Crippen LogP contribution < -0.4 is 11.1 Å². The van der Waals surface area contributed by atoms with Crippen LogP contribution in [0.2, 0.25) is 0 Å². The second-order valence-corrected chi connectivity index (χ2v) is 5.96. The molecule has 5 heteroatoms. The molecule has 1 fully saturated rings. The molecular weight excluding hydrogens is 286 g/mol. The van der Waals surface area contributed by atoms with Gasteiger partial charge in [-0.3, -0.25) is 9.69 Å². The van der Waals surface area contributed by atoms with Crippen molar-refractivity contribution in [3.8, 4) is 0 Å². The fourth-order valence-electron chi connectivity index (χ4n) is 2.55. The molecule has 0 radical (unpaired) electrons. The Bertz CT molecular complexity index is 457. The summed E-state index contributed by atoms with van der Waals surface area (Å²) in [6, 6.07) is 8.40. The quantitative estimate of drug-likeness (QED) is 0.840. The van der Waals surface area contributed by atoms with Crippen LogP contribution in [0, 0.1) is 5.92 Å². The number of hydrogen-bond acceptors (Lipinski definition) is 3. The predicted octanol–water partition coefficient (Wildman–Crippen LogP) is 2.43. The molecule has 0 bridgehead atoms. The predicted molar refractivity (Wildman–Crippen MR) is 89.4 cm³/mol. The first-order chi connectivity index (χ1) is 9.54. The molecule has 1 aliphatic rings. The first-order valence-corrected chi connectivity index (χ1v) is 7.41. The van der Waals surface area contributed by atoms with Crippen LogP contribution in [0.25, 0.3) is 0 Å². The standard InChI is InChI=1S/C16H25N3O.ClH/c1-12(2)16(20)18-15-6-8-19(9-7-15)11-13-4-3-5-14(17)10-13;/h3-5,10,12,15H,6-9,11,17H2,1-2H3,(H,18,20);1H. The van der Waals surface area contributed by atoms with Gasteiger partial charge in [0.05, 0.1) is 0 Å². The number of halogens is 1. The second-order valence-electron chi connectivity index (χ2n) is 5.96. The summed E-state index contributed by atoms with van der Waals surface area (Å²) in [5, 5.41) is 3.13. The Morgan fingerprint density at radius 3 is 2.62 bits per heavy atom. The molecule has 0 atom stereocenters. The summed E-state index contributed by atoms with van der Waals surface area (Å²) in [5.74, 6) is 0.236. The third-order valence-corrected chi connectivity index (χ3v) is 3.82. The molecule has 3 N–H and O–H groups in total.